The zero-order valence-electron chi connectivity index (χ0n) is 13.1. The molecule has 0 spiro atoms. The smallest absolute Gasteiger partial charge is 0.277 e. The number of carbonyl (C=O) groups is 1. The Kier molecular flexibility index (Phi) is 6.27. The molecule has 0 fully saturated rings. The van der Waals surface area contributed by atoms with Crippen molar-refractivity contribution in [3.05, 3.63) is 62.0 Å². The summed E-state index contributed by atoms with van der Waals surface area (Å²) in [5, 5.41) is 2.87. The van der Waals surface area contributed by atoms with Crippen molar-refractivity contribution < 1.29 is 23.5 Å². The number of pyridine rings is 1. The molecule has 1 amide bonds. The summed E-state index contributed by atoms with van der Waals surface area (Å²) in [5.41, 5.74) is 3.08. The van der Waals surface area contributed by atoms with E-state index in [2.05, 4.69) is 31.7 Å². The number of hydroxylamine groups is 1. The van der Waals surface area contributed by atoms with Crippen molar-refractivity contribution >= 4 is 55.8 Å². The van der Waals surface area contributed by atoms with Gasteiger partial charge in [0.2, 0.25) is 6.79 Å². The van der Waals surface area contributed by atoms with Crippen LogP contribution in [0.1, 0.15) is 10.4 Å². The highest BCUT2D eigenvalue weighted by atomic mass is 127. The van der Waals surface area contributed by atoms with Crippen molar-refractivity contribution in [3.8, 4) is 0 Å². The molecule has 1 aromatic carbocycles. The molecule has 0 saturated carbocycles. The molecule has 136 valence electrons. The second kappa shape index (κ2) is 8.64. The topological polar surface area (TPSA) is 81.7 Å². The van der Waals surface area contributed by atoms with E-state index >= 15 is 0 Å². The van der Waals surface area contributed by atoms with Crippen LogP contribution in [-0.2, 0) is 14.3 Å². The van der Waals surface area contributed by atoms with Crippen LogP contribution >= 0.6 is 38.5 Å². The maximum absolute atomic E-state index is 14.1. The molecule has 2 N–H and O–H groups in total. The highest BCUT2D eigenvalue weighted by Crippen LogP contribution is 2.25. The fraction of sp³-hybridized carbons (Fsp3) is 0.125. The molecule has 1 aliphatic rings. The van der Waals surface area contributed by atoms with Crippen molar-refractivity contribution in [2.24, 2.45) is 0 Å². The Morgan fingerprint density at radius 2 is 2.23 bits per heavy atom. The largest absolute Gasteiger partial charge is 0.462 e. The SMILES string of the molecule is O=C(NOCC1=COCO1)c1cc(Br)ncc1Nc1ccc(I)cc1F. The van der Waals surface area contributed by atoms with Crippen molar-refractivity contribution in [2.75, 3.05) is 18.7 Å². The lowest BCUT2D eigenvalue weighted by Gasteiger charge is -2.13. The second-order valence-corrected chi connectivity index (χ2v) is 7.09. The first-order valence-corrected chi connectivity index (χ1v) is 9.13. The van der Waals surface area contributed by atoms with Crippen LogP contribution in [0.15, 0.2) is 47.1 Å². The van der Waals surface area contributed by atoms with E-state index in [4.69, 9.17) is 14.3 Å². The number of aromatic nitrogens is 1. The number of carbonyl (C=O) groups excluding carboxylic acids is 1. The van der Waals surface area contributed by atoms with Crippen LogP contribution in [0, 0.1) is 9.39 Å². The molecular formula is C16H12BrFIN3O4. The van der Waals surface area contributed by atoms with E-state index in [9.17, 15) is 9.18 Å². The minimum Gasteiger partial charge on any atom is -0.462 e. The Balaban J connectivity index is 1.73. The van der Waals surface area contributed by atoms with Crippen LogP contribution in [0.2, 0.25) is 0 Å². The minimum atomic E-state index is -0.527. The number of hydrogen-bond donors (Lipinski definition) is 2. The third-order valence-corrected chi connectivity index (χ3v) is 4.33. The number of benzene rings is 1. The Morgan fingerprint density at radius 1 is 1.38 bits per heavy atom. The molecule has 1 aromatic heterocycles. The predicted molar refractivity (Wildman–Crippen MR) is 103 cm³/mol. The quantitative estimate of drug-likeness (QED) is 0.332. The second-order valence-electron chi connectivity index (χ2n) is 5.03. The zero-order chi connectivity index (χ0) is 18.5. The van der Waals surface area contributed by atoms with Crippen LogP contribution in [0.5, 0.6) is 0 Å². The Morgan fingerprint density at radius 3 is 2.96 bits per heavy atom. The van der Waals surface area contributed by atoms with Crippen LogP contribution in [0.25, 0.3) is 0 Å². The van der Waals surface area contributed by atoms with E-state index in [1.165, 1.54) is 24.6 Å². The first-order valence-electron chi connectivity index (χ1n) is 7.26. The molecule has 2 heterocycles. The third-order valence-electron chi connectivity index (χ3n) is 3.22. The molecule has 1 aliphatic heterocycles. The normalized spacial score (nSPS) is 12.8. The first-order chi connectivity index (χ1) is 12.5. The van der Waals surface area contributed by atoms with Gasteiger partial charge < -0.3 is 14.8 Å². The van der Waals surface area contributed by atoms with Gasteiger partial charge in [0, 0.05) is 3.57 Å². The standard InChI is InChI=1S/C16H12BrFIN3O4/c17-15-4-11(16(23)22-26-7-10-6-24-8-25-10)14(5-20-15)21-13-2-1-9(19)3-12(13)18/h1-6,21H,7-8H2,(H,22,23). The monoisotopic (exact) mass is 535 g/mol. The van der Waals surface area contributed by atoms with E-state index in [1.54, 1.807) is 12.1 Å². The van der Waals surface area contributed by atoms with Crippen LogP contribution in [0.3, 0.4) is 0 Å². The fourth-order valence-electron chi connectivity index (χ4n) is 2.03. The summed E-state index contributed by atoms with van der Waals surface area (Å²) >= 11 is 5.23. The summed E-state index contributed by atoms with van der Waals surface area (Å²) < 4.78 is 25.2. The zero-order valence-corrected chi connectivity index (χ0v) is 16.8. The molecule has 7 nitrogen and oxygen atoms in total. The molecule has 0 bridgehead atoms. The lowest BCUT2D eigenvalue weighted by Crippen LogP contribution is -2.25. The van der Waals surface area contributed by atoms with Crippen molar-refractivity contribution in [1.82, 2.24) is 10.5 Å². The van der Waals surface area contributed by atoms with Gasteiger partial charge in [0.25, 0.3) is 5.91 Å². The molecular weight excluding hydrogens is 524 g/mol. The van der Waals surface area contributed by atoms with E-state index < -0.39 is 11.7 Å². The summed E-state index contributed by atoms with van der Waals surface area (Å²) in [6.45, 7) is 0.145. The number of nitrogens with one attached hydrogen (secondary N) is 2. The molecule has 0 aliphatic carbocycles. The van der Waals surface area contributed by atoms with Gasteiger partial charge in [-0.15, -0.1) is 0 Å². The molecule has 0 saturated heterocycles. The van der Waals surface area contributed by atoms with E-state index in [0.717, 1.165) is 3.57 Å². The summed E-state index contributed by atoms with van der Waals surface area (Å²) in [5.74, 6) is -0.505. The molecule has 0 unspecified atom stereocenters. The summed E-state index contributed by atoms with van der Waals surface area (Å²) in [4.78, 5) is 21.6. The third kappa shape index (κ3) is 4.83. The molecule has 2 aromatic rings. The average Bonchev–Trinajstić information content (AvgIpc) is 3.12. The van der Waals surface area contributed by atoms with Gasteiger partial charge >= 0.3 is 0 Å². The Labute approximate surface area is 170 Å². The van der Waals surface area contributed by atoms with Gasteiger partial charge in [-0.2, -0.15) is 0 Å². The Hall–Kier alpha value is -1.92. The van der Waals surface area contributed by atoms with Gasteiger partial charge in [-0.1, -0.05) is 0 Å². The van der Waals surface area contributed by atoms with Crippen LogP contribution in [-0.4, -0.2) is 24.3 Å². The number of ether oxygens (including phenoxy) is 2. The van der Waals surface area contributed by atoms with Gasteiger partial charge in [0.15, 0.2) is 5.76 Å². The highest BCUT2D eigenvalue weighted by molar-refractivity contribution is 14.1. The maximum Gasteiger partial charge on any atom is 0.277 e. The van der Waals surface area contributed by atoms with Crippen LogP contribution < -0.4 is 10.8 Å². The number of anilines is 2. The molecule has 26 heavy (non-hydrogen) atoms. The maximum atomic E-state index is 14.1. The predicted octanol–water partition coefficient (Wildman–Crippen LogP) is 3.84. The van der Waals surface area contributed by atoms with Gasteiger partial charge in [-0.25, -0.2) is 14.9 Å². The van der Waals surface area contributed by atoms with E-state index in [1.807, 2.05) is 22.6 Å². The van der Waals surface area contributed by atoms with Crippen LogP contribution in [0.4, 0.5) is 15.8 Å². The summed E-state index contributed by atoms with van der Waals surface area (Å²) in [6, 6.07) is 6.22. The number of halogens is 3. The molecule has 10 heteroatoms. The van der Waals surface area contributed by atoms with E-state index in [0.29, 0.717) is 16.0 Å². The van der Waals surface area contributed by atoms with E-state index in [-0.39, 0.29) is 24.7 Å². The van der Waals surface area contributed by atoms with Gasteiger partial charge in [0.1, 0.15) is 23.3 Å². The highest BCUT2D eigenvalue weighted by Gasteiger charge is 2.16. The number of nitrogens with zero attached hydrogens (tertiary/aromatic N) is 1. The van der Waals surface area contributed by atoms with Gasteiger partial charge in [-0.05, 0) is 62.8 Å². The van der Waals surface area contributed by atoms with Gasteiger partial charge in [-0.3, -0.25) is 9.63 Å². The first kappa shape index (κ1) is 18.9. The lowest BCUT2D eigenvalue weighted by molar-refractivity contribution is 0.0167. The number of amides is 1. The van der Waals surface area contributed by atoms with Gasteiger partial charge in [0.05, 0.1) is 23.1 Å². The van der Waals surface area contributed by atoms with Crippen molar-refractivity contribution in [2.45, 2.75) is 0 Å². The fourth-order valence-corrected chi connectivity index (χ4v) is 2.81. The van der Waals surface area contributed by atoms with Crippen molar-refractivity contribution in [1.29, 1.82) is 0 Å². The number of rotatable bonds is 6. The molecule has 3 rings (SSSR count). The van der Waals surface area contributed by atoms with Crippen molar-refractivity contribution in [3.63, 3.8) is 0 Å². The summed E-state index contributed by atoms with van der Waals surface area (Å²) in [6.07, 6.45) is 2.83. The lowest BCUT2D eigenvalue weighted by atomic mass is 10.2. The Bertz CT molecular complexity index is 865. The summed E-state index contributed by atoms with van der Waals surface area (Å²) in [7, 11) is 0. The minimum absolute atomic E-state index is 0.0203. The average molecular weight is 536 g/mol. The molecule has 0 atom stereocenters. The number of hydrogen-bond acceptors (Lipinski definition) is 6. The molecule has 0 radical (unpaired) electrons.